The number of nitrogens with one attached hydrogen (secondary N) is 1. The summed E-state index contributed by atoms with van der Waals surface area (Å²) >= 11 is 0. The van der Waals surface area contributed by atoms with Crippen LogP contribution < -0.4 is 5.32 Å². The lowest BCUT2D eigenvalue weighted by molar-refractivity contribution is -0.129. The summed E-state index contributed by atoms with van der Waals surface area (Å²) in [6, 6.07) is -0.389. The van der Waals surface area contributed by atoms with Gasteiger partial charge >= 0.3 is 0 Å². The van der Waals surface area contributed by atoms with E-state index < -0.39 is 10.2 Å². The van der Waals surface area contributed by atoms with Crippen LogP contribution in [0.1, 0.15) is 63.2 Å². The molecule has 29 heavy (non-hydrogen) atoms. The smallest absolute Gasteiger partial charge is 0.282 e. The summed E-state index contributed by atoms with van der Waals surface area (Å²) in [5.41, 5.74) is 1.83. The monoisotopic (exact) mass is 424 g/mol. The van der Waals surface area contributed by atoms with Gasteiger partial charge in [-0.3, -0.25) is 4.79 Å². The third-order valence-corrected chi connectivity index (χ3v) is 8.04. The Morgan fingerprint density at radius 1 is 1.21 bits per heavy atom. The highest BCUT2D eigenvalue weighted by molar-refractivity contribution is 7.86. The van der Waals surface area contributed by atoms with Gasteiger partial charge in [-0.2, -0.15) is 17.0 Å². The number of nitrogens with zero attached hydrogens (tertiary/aromatic N) is 5. The highest BCUT2D eigenvalue weighted by Crippen LogP contribution is 2.34. The van der Waals surface area contributed by atoms with Gasteiger partial charge in [-0.15, -0.1) is 0 Å². The number of hydrogen-bond acceptors (Lipinski definition) is 6. The molecule has 162 valence electrons. The predicted octanol–water partition coefficient (Wildman–Crippen LogP) is 1.54. The third-order valence-electron chi connectivity index (χ3n) is 5.84. The number of rotatable bonds is 6. The van der Waals surface area contributed by atoms with Crippen molar-refractivity contribution < 1.29 is 13.2 Å². The zero-order valence-corrected chi connectivity index (χ0v) is 18.6. The Hall–Kier alpha value is -1.78. The molecule has 1 N–H and O–H groups in total. The summed E-state index contributed by atoms with van der Waals surface area (Å²) in [4.78, 5) is 23.1. The molecule has 0 spiro atoms. The SMILES string of the molecule is CCN(CC)S(=O)(=O)N1CCCC[C@@H]1c1nc2c(c(NC)n1)CCN(C(C)=O)C2. The number of anilines is 1. The van der Waals surface area contributed by atoms with E-state index in [1.165, 1.54) is 4.31 Å². The van der Waals surface area contributed by atoms with Crippen LogP contribution in [-0.2, 0) is 28.0 Å². The van der Waals surface area contributed by atoms with Crippen molar-refractivity contribution in [2.24, 2.45) is 0 Å². The van der Waals surface area contributed by atoms with Gasteiger partial charge in [0.05, 0.1) is 18.3 Å². The summed E-state index contributed by atoms with van der Waals surface area (Å²) < 4.78 is 29.5. The molecule has 1 saturated heterocycles. The van der Waals surface area contributed by atoms with Crippen LogP contribution >= 0.6 is 0 Å². The van der Waals surface area contributed by atoms with Crippen molar-refractivity contribution in [2.75, 3.05) is 38.5 Å². The molecule has 0 saturated carbocycles. The molecule has 0 aliphatic carbocycles. The molecular weight excluding hydrogens is 392 g/mol. The second-order valence-electron chi connectivity index (χ2n) is 7.51. The lowest BCUT2D eigenvalue weighted by atomic mass is 10.0. The lowest BCUT2D eigenvalue weighted by Crippen LogP contribution is -2.47. The minimum Gasteiger partial charge on any atom is -0.373 e. The van der Waals surface area contributed by atoms with Crippen LogP contribution in [0.3, 0.4) is 0 Å². The Morgan fingerprint density at radius 2 is 1.93 bits per heavy atom. The number of carbonyl (C=O) groups excluding carboxylic acids is 1. The van der Waals surface area contributed by atoms with Crippen LogP contribution in [-0.4, -0.2) is 71.0 Å². The van der Waals surface area contributed by atoms with E-state index in [0.717, 1.165) is 29.9 Å². The first kappa shape index (κ1) is 21.9. The van der Waals surface area contributed by atoms with Crippen LogP contribution in [0, 0.1) is 0 Å². The molecule has 1 aromatic heterocycles. The fraction of sp³-hybridized carbons (Fsp3) is 0.737. The van der Waals surface area contributed by atoms with E-state index in [4.69, 9.17) is 9.97 Å². The number of fused-ring (bicyclic) bond motifs is 1. The van der Waals surface area contributed by atoms with Gasteiger partial charge in [0.15, 0.2) is 0 Å². The van der Waals surface area contributed by atoms with Gasteiger partial charge < -0.3 is 10.2 Å². The first-order valence-electron chi connectivity index (χ1n) is 10.4. The zero-order chi connectivity index (χ0) is 21.2. The fourth-order valence-electron chi connectivity index (χ4n) is 4.21. The number of aromatic nitrogens is 2. The second-order valence-corrected chi connectivity index (χ2v) is 9.39. The number of hydrogen-bond donors (Lipinski definition) is 1. The maximum Gasteiger partial charge on any atom is 0.282 e. The van der Waals surface area contributed by atoms with E-state index in [9.17, 15) is 13.2 Å². The number of amides is 1. The van der Waals surface area contributed by atoms with Crippen LogP contribution in [0.4, 0.5) is 5.82 Å². The predicted molar refractivity (Wildman–Crippen MR) is 112 cm³/mol. The molecule has 3 rings (SSSR count). The summed E-state index contributed by atoms with van der Waals surface area (Å²) in [5, 5.41) is 3.14. The van der Waals surface area contributed by atoms with E-state index in [1.54, 1.807) is 16.1 Å². The largest absolute Gasteiger partial charge is 0.373 e. The Balaban J connectivity index is 2.01. The van der Waals surface area contributed by atoms with E-state index in [1.807, 2.05) is 20.9 Å². The van der Waals surface area contributed by atoms with E-state index in [-0.39, 0.29) is 11.9 Å². The maximum atomic E-state index is 13.2. The molecule has 0 radical (unpaired) electrons. The van der Waals surface area contributed by atoms with Crippen LogP contribution in [0.2, 0.25) is 0 Å². The molecule has 1 atom stereocenters. The first-order valence-corrected chi connectivity index (χ1v) is 11.8. The molecule has 2 aliphatic heterocycles. The Kier molecular flexibility index (Phi) is 6.75. The summed E-state index contributed by atoms with van der Waals surface area (Å²) in [6.45, 7) is 7.68. The number of piperidine rings is 1. The summed E-state index contributed by atoms with van der Waals surface area (Å²) in [6.07, 6.45) is 3.15. The van der Waals surface area contributed by atoms with Crippen molar-refractivity contribution >= 4 is 21.9 Å². The van der Waals surface area contributed by atoms with Crippen LogP contribution in [0.25, 0.3) is 0 Å². The quantitative estimate of drug-likeness (QED) is 0.744. The normalized spacial score (nSPS) is 20.6. The highest BCUT2D eigenvalue weighted by atomic mass is 32.2. The molecule has 0 aromatic carbocycles. The first-order chi connectivity index (χ1) is 13.8. The van der Waals surface area contributed by atoms with Crippen molar-refractivity contribution in [1.82, 2.24) is 23.5 Å². The highest BCUT2D eigenvalue weighted by Gasteiger charge is 2.38. The van der Waals surface area contributed by atoms with Gasteiger partial charge in [-0.1, -0.05) is 20.3 Å². The average molecular weight is 425 g/mol. The summed E-state index contributed by atoms with van der Waals surface area (Å²) in [5.74, 6) is 1.28. The average Bonchev–Trinajstić information content (AvgIpc) is 2.73. The molecular formula is C19H32N6O3S. The molecule has 2 aliphatic rings. The van der Waals surface area contributed by atoms with Gasteiger partial charge in [0.1, 0.15) is 11.6 Å². The summed E-state index contributed by atoms with van der Waals surface area (Å²) in [7, 11) is -1.77. The van der Waals surface area contributed by atoms with Crippen molar-refractivity contribution in [3.05, 3.63) is 17.1 Å². The van der Waals surface area contributed by atoms with E-state index >= 15 is 0 Å². The Morgan fingerprint density at radius 3 is 2.55 bits per heavy atom. The molecule has 0 bridgehead atoms. The number of carbonyl (C=O) groups is 1. The lowest BCUT2D eigenvalue weighted by Gasteiger charge is -2.37. The minimum absolute atomic E-state index is 0.0187. The van der Waals surface area contributed by atoms with Crippen molar-refractivity contribution in [3.63, 3.8) is 0 Å². The maximum absolute atomic E-state index is 13.2. The molecule has 10 heteroatoms. The third kappa shape index (κ3) is 4.24. The van der Waals surface area contributed by atoms with E-state index in [2.05, 4.69) is 5.32 Å². The van der Waals surface area contributed by atoms with Crippen molar-refractivity contribution in [1.29, 1.82) is 0 Å². The minimum atomic E-state index is -3.58. The molecule has 1 amide bonds. The Labute approximate surface area is 173 Å². The van der Waals surface area contributed by atoms with Gasteiger partial charge in [0.2, 0.25) is 5.91 Å². The molecule has 1 fully saturated rings. The standard InChI is InChI=1S/C19H32N6O3S/c1-5-24(6-2)29(27,28)25-11-8-7-9-17(25)19-21-16-13-23(14(3)26)12-10-15(16)18(20-4)22-19/h17H,5-13H2,1-4H3,(H,20,21,22)/t17-/m1/s1. The van der Waals surface area contributed by atoms with Crippen molar-refractivity contribution in [3.8, 4) is 0 Å². The van der Waals surface area contributed by atoms with Crippen molar-refractivity contribution in [2.45, 2.75) is 59.0 Å². The molecule has 9 nitrogen and oxygen atoms in total. The topological polar surface area (TPSA) is 98.7 Å². The van der Waals surface area contributed by atoms with Crippen LogP contribution in [0.5, 0.6) is 0 Å². The van der Waals surface area contributed by atoms with Gasteiger partial charge in [-0.25, -0.2) is 9.97 Å². The van der Waals surface area contributed by atoms with Crippen LogP contribution in [0.15, 0.2) is 0 Å². The van der Waals surface area contributed by atoms with Gasteiger partial charge in [0.25, 0.3) is 10.2 Å². The fourth-order valence-corrected chi connectivity index (χ4v) is 6.04. The van der Waals surface area contributed by atoms with E-state index in [0.29, 0.717) is 51.4 Å². The zero-order valence-electron chi connectivity index (χ0n) is 17.8. The van der Waals surface area contributed by atoms with Gasteiger partial charge in [-0.05, 0) is 19.3 Å². The molecule has 0 unspecified atom stereocenters. The van der Waals surface area contributed by atoms with Gasteiger partial charge in [0, 0.05) is 45.7 Å². The molecule has 1 aromatic rings. The second kappa shape index (κ2) is 8.93. The Bertz CT molecular complexity index is 856. The molecule has 3 heterocycles.